The van der Waals surface area contributed by atoms with E-state index in [1.54, 1.807) is 0 Å². The van der Waals surface area contributed by atoms with Crippen LogP contribution in [0.4, 0.5) is 17.6 Å². The first-order valence-corrected chi connectivity index (χ1v) is 3.97. The van der Waals surface area contributed by atoms with Gasteiger partial charge < -0.3 is 10.6 Å². The molecule has 1 aliphatic rings. The molecule has 2 N–H and O–H groups in total. The van der Waals surface area contributed by atoms with Gasteiger partial charge in [-0.2, -0.15) is 17.6 Å². The standard InChI is InChI=1S/C7H10F4N2O.ClH/c1-4(12)5(14)13-2-6(8,9)7(10,11)3-13;/h4H,2-3,12H2,1H3;1H. The largest absolute Gasteiger partial charge is 0.329 e. The third-order valence-electron chi connectivity index (χ3n) is 2.02. The minimum absolute atomic E-state index is 0. The molecule has 0 bridgehead atoms. The zero-order valence-electron chi connectivity index (χ0n) is 7.84. The molecule has 15 heavy (non-hydrogen) atoms. The van der Waals surface area contributed by atoms with Crippen molar-refractivity contribution < 1.29 is 22.4 Å². The summed E-state index contributed by atoms with van der Waals surface area (Å²) in [5.41, 5.74) is 5.11. The third kappa shape index (κ3) is 2.52. The fraction of sp³-hybridized carbons (Fsp3) is 0.857. The van der Waals surface area contributed by atoms with Crippen LogP contribution in [-0.4, -0.2) is 41.8 Å². The molecule has 1 amide bonds. The summed E-state index contributed by atoms with van der Waals surface area (Å²) in [6.45, 7) is -1.27. The Kier molecular flexibility index (Phi) is 3.98. The quantitative estimate of drug-likeness (QED) is 0.702. The number of hydrogen-bond acceptors (Lipinski definition) is 2. The number of halogens is 5. The van der Waals surface area contributed by atoms with Gasteiger partial charge in [0.15, 0.2) is 0 Å². The lowest BCUT2D eigenvalue weighted by atomic mass is 10.2. The van der Waals surface area contributed by atoms with Gasteiger partial charge in [0.2, 0.25) is 5.91 Å². The molecule has 0 aromatic carbocycles. The topological polar surface area (TPSA) is 46.3 Å². The molecule has 0 radical (unpaired) electrons. The lowest BCUT2D eigenvalue weighted by Gasteiger charge is -2.16. The number of likely N-dealkylation sites (tertiary alicyclic amines) is 1. The Balaban J connectivity index is 0.00000196. The van der Waals surface area contributed by atoms with E-state index in [0.717, 1.165) is 0 Å². The summed E-state index contributed by atoms with van der Waals surface area (Å²) in [7, 11) is 0. The van der Waals surface area contributed by atoms with Gasteiger partial charge >= 0.3 is 11.8 Å². The van der Waals surface area contributed by atoms with Gasteiger partial charge in [0.1, 0.15) is 0 Å². The molecular weight excluding hydrogens is 240 g/mol. The van der Waals surface area contributed by atoms with Crippen LogP contribution in [0.15, 0.2) is 0 Å². The number of hydrogen-bond donors (Lipinski definition) is 1. The summed E-state index contributed by atoms with van der Waals surface area (Å²) >= 11 is 0. The second-order valence-electron chi connectivity index (χ2n) is 3.39. The Bertz CT molecular complexity index is 243. The lowest BCUT2D eigenvalue weighted by Crippen LogP contribution is -2.41. The molecular formula is C7H11ClF4N2O. The van der Waals surface area contributed by atoms with E-state index in [4.69, 9.17) is 5.73 Å². The number of carbonyl (C=O) groups is 1. The Morgan fingerprint density at radius 3 is 1.87 bits per heavy atom. The third-order valence-corrected chi connectivity index (χ3v) is 2.02. The lowest BCUT2D eigenvalue weighted by molar-refractivity contribution is -0.172. The molecule has 1 rings (SSSR count). The Labute approximate surface area is 90.0 Å². The average Bonchev–Trinajstić information content (AvgIpc) is 2.20. The maximum Gasteiger partial charge on any atom is 0.329 e. The van der Waals surface area contributed by atoms with Crippen LogP contribution < -0.4 is 5.73 Å². The predicted molar refractivity (Wildman–Crippen MR) is 47.4 cm³/mol. The maximum atomic E-state index is 12.6. The molecule has 1 saturated heterocycles. The van der Waals surface area contributed by atoms with E-state index in [2.05, 4.69) is 0 Å². The molecule has 3 nitrogen and oxygen atoms in total. The molecule has 1 aliphatic heterocycles. The first-order valence-electron chi connectivity index (χ1n) is 3.97. The normalized spacial score (nSPS) is 24.5. The highest BCUT2D eigenvalue weighted by molar-refractivity contribution is 5.85. The fourth-order valence-electron chi connectivity index (χ4n) is 1.21. The van der Waals surface area contributed by atoms with Gasteiger partial charge in [-0.05, 0) is 6.92 Å². The average molecular weight is 251 g/mol. The van der Waals surface area contributed by atoms with Crippen molar-refractivity contribution in [3.63, 3.8) is 0 Å². The van der Waals surface area contributed by atoms with Crippen molar-refractivity contribution in [1.29, 1.82) is 0 Å². The molecule has 1 heterocycles. The van der Waals surface area contributed by atoms with Crippen molar-refractivity contribution in [2.24, 2.45) is 5.73 Å². The van der Waals surface area contributed by atoms with Crippen LogP contribution in [0.25, 0.3) is 0 Å². The summed E-state index contributed by atoms with van der Waals surface area (Å²) < 4.78 is 50.4. The van der Waals surface area contributed by atoms with Gasteiger partial charge in [-0.15, -0.1) is 12.4 Å². The second kappa shape index (κ2) is 4.13. The van der Waals surface area contributed by atoms with E-state index in [9.17, 15) is 22.4 Å². The van der Waals surface area contributed by atoms with Crippen LogP contribution in [-0.2, 0) is 4.79 Å². The van der Waals surface area contributed by atoms with E-state index in [-0.39, 0.29) is 12.4 Å². The number of alkyl halides is 4. The smallest absolute Gasteiger partial charge is 0.329 e. The molecule has 8 heteroatoms. The number of amides is 1. The van der Waals surface area contributed by atoms with E-state index >= 15 is 0 Å². The van der Waals surface area contributed by atoms with E-state index in [1.807, 2.05) is 0 Å². The van der Waals surface area contributed by atoms with E-state index < -0.39 is 36.9 Å². The van der Waals surface area contributed by atoms with Crippen LogP contribution in [0.1, 0.15) is 6.92 Å². The summed E-state index contributed by atoms with van der Waals surface area (Å²) in [6.07, 6.45) is 0. The number of rotatable bonds is 1. The fourth-order valence-corrected chi connectivity index (χ4v) is 1.21. The van der Waals surface area contributed by atoms with Gasteiger partial charge in [0, 0.05) is 0 Å². The second-order valence-corrected chi connectivity index (χ2v) is 3.39. The molecule has 0 spiro atoms. The highest BCUT2D eigenvalue weighted by atomic mass is 35.5. The maximum absolute atomic E-state index is 12.6. The molecule has 1 unspecified atom stereocenters. The summed E-state index contributed by atoms with van der Waals surface area (Å²) in [6, 6.07) is -1.04. The monoisotopic (exact) mass is 250 g/mol. The molecule has 90 valence electrons. The molecule has 1 atom stereocenters. The van der Waals surface area contributed by atoms with Crippen molar-refractivity contribution in [2.75, 3.05) is 13.1 Å². The Hall–Kier alpha value is -0.560. The predicted octanol–water partition coefficient (Wildman–Crippen LogP) is 0.868. The van der Waals surface area contributed by atoms with Crippen LogP contribution >= 0.6 is 12.4 Å². The summed E-state index contributed by atoms with van der Waals surface area (Å²) in [5.74, 6) is -9.20. The van der Waals surface area contributed by atoms with Gasteiger partial charge in [0.25, 0.3) is 0 Å². The van der Waals surface area contributed by atoms with Crippen LogP contribution in [0.5, 0.6) is 0 Å². The van der Waals surface area contributed by atoms with E-state index in [1.165, 1.54) is 6.92 Å². The number of nitrogens with zero attached hydrogens (tertiary/aromatic N) is 1. The first-order chi connectivity index (χ1) is 6.17. The van der Waals surface area contributed by atoms with Crippen molar-refractivity contribution >= 4 is 18.3 Å². The van der Waals surface area contributed by atoms with Crippen LogP contribution in [0.3, 0.4) is 0 Å². The van der Waals surface area contributed by atoms with Crippen molar-refractivity contribution in [3.05, 3.63) is 0 Å². The summed E-state index contributed by atoms with van der Waals surface area (Å²) in [4.78, 5) is 11.4. The van der Waals surface area contributed by atoms with Crippen molar-refractivity contribution in [3.8, 4) is 0 Å². The Morgan fingerprint density at radius 1 is 1.27 bits per heavy atom. The van der Waals surface area contributed by atoms with Gasteiger partial charge in [-0.3, -0.25) is 4.79 Å². The van der Waals surface area contributed by atoms with Crippen LogP contribution in [0.2, 0.25) is 0 Å². The van der Waals surface area contributed by atoms with Gasteiger partial charge in [0.05, 0.1) is 19.1 Å². The molecule has 1 fully saturated rings. The number of nitrogens with two attached hydrogens (primary N) is 1. The highest BCUT2D eigenvalue weighted by Gasteiger charge is 2.63. The van der Waals surface area contributed by atoms with Crippen molar-refractivity contribution in [1.82, 2.24) is 4.90 Å². The van der Waals surface area contributed by atoms with Gasteiger partial charge in [-0.1, -0.05) is 0 Å². The highest BCUT2D eigenvalue weighted by Crippen LogP contribution is 2.40. The SMILES string of the molecule is CC(N)C(=O)N1CC(F)(F)C(F)(F)C1.Cl. The Morgan fingerprint density at radius 2 is 1.60 bits per heavy atom. The zero-order valence-corrected chi connectivity index (χ0v) is 8.66. The molecule has 0 aromatic heterocycles. The zero-order chi connectivity index (χ0) is 11.1. The van der Waals surface area contributed by atoms with Gasteiger partial charge in [-0.25, -0.2) is 0 Å². The summed E-state index contributed by atoms with van der Waals surface area (Å²) in [5, 5.41) is 0. The molecule has 0 aromatic rings. The number of carbonyl (C=O) groups excluding carboxylic acids is 1. The minimum Gasteiger partial charge on any atom is -0.329 e. The first kappa shape index (κ1) is 14.4. The minimum atomic E-state index is -4.16. The van der Waals surface area contributed by atoms with E-state index in [0.29, 0.717) is 4.90 Å². The van der Waals surface area contributed by atoms with Crippen LogP contribution in [0, 0.1) is 0 Å². The molecule has 0 saturated carbocycles. The van der Waals surface area contributed by atoms with Crippen molar-refractivity contribution in [2.45, 2.75) is 24.8 Å². The molecule has 0 aliphatic carbocycles.